The lowest BCUT2D eigenvalue weighted by Gasteiger charge is -2.09. The number of carbonyl (C=O) groups is 1. The van der Waals surface area contributed by atoms with Crippen LogP contribution in [0.4, 0.5) is 0 Å². The van der Waals surface area contributed by atoms with Gasteiger partial charge in [-0.15, -0.1) is 11.3 Å². The third-order valence-electron chi connectivity index (χ3n) is 4.31. The molecule has 2 aromatic heterocycles. The molecule has 0 radical (unpaired) electrons. The minimum Gasteiger partial charge on any atom is -0.486 e. The fraction of sp³-hybridized carbons (Fsp3) is 0.300. The summed E-state index contributed by atoms with van der Waals surface area (Å²) >= 11 is 1.40. The molecule has 0 aliphatic rings. The SMILES string of the molecule is Cc1ccc(OCc2nc(CC(=O)OCc3cc(=O)n(C)c(=O)n3C)cs2)cc1. The summed E-state index contributed by atoms with van der Waals surface area (Å²) in [5.41, 5.74) is 1.15. The summed E-state index contributed by atoms with van der Waals surface area (Å²) in [7, 11) is 2.91. The van der Waals surface area contributed by atoms with Crippen LogP contribution in [0.3, 0.4) is 0 Å². The van der Waals surface area contributed by atoms with Crippen LogP contribution in [-0.4, -0.2) is 20.1 Å². The van der Waals surface area contributed by atoms with Crippen LogP contribution in [0.1, 0.15) is 22.0 Å². The Hall–Kier alpha value is -3.20. The summed E-state index contributed by atoms with van der Waals surface area (Å²) in [6.07, 6.45) is -0.000177. The molecule has 29 heavy (non-hydrogen) atoms. The maximum Gasteiger partial charge on any atom is 0.330 e. The van der Waals surface area contributed by atoms with Gasteiger partial charge >= 0.3 is 11.7 Å². The molecule has 152 valence electrons. The Labute approximate surface area is 171 Å². The molecular formula is C20H21N3O5S. The molecule has 3 aromatic rings. The molecule has 0 aliphatic heterocycles. The van der Waals surface area contributed by atoms with E-state index >= 15 is 0 Å². The zero-order valence-corrected chi connectivity index (χ0v) is 17.2. The third kappa shape index (κ3) is 5.20. The zero-order chi connectivity index (χ0) is 21.0. The maximum absolute atomic E-state index is 12.1. The Bertz CT molecular complexity index is 1130. The van der Waals surface area contributed by atoms with Crippen LogP contribution < -0.4 is 16.0 Å². The molecule has 0 N–H and O–H groups in total. The second-order valence-electron chi connectivity index (χ2n) is 6.55. The van der Waals surface area contributed by atoms with E-state index in [0.717, 1.165) is 20.9 Å². The van der Waals surface area contributed by atoms with E-state index in [1.54, 1.807) is 5.38 Å². The Morgan fingerprint density at radius 2 is 1.83 bits per heavy atom. The van der Waals surface area contributed by atoms with Crippen molar-refractivity contribution in [1.82, 2.24) is 14.1 Å². The molecule has 0 bridgehead atoms. The molecule has 2 heterocycles. The molecule has 0 aliphatic carbocycles. The highest BCUT2D eigenvalue weighted by Gasteiger charge is 2.12. The molecule has 0 unspecified atom stereocenters. The van der Waals surface area contributed by atoms with Crippen molar-refractivity contribution in [3.05, 3.63) is 78.5 Å². The van der Waals surface area contributed by atoms with Crippen molar-refractivity contribution in [3.8, 4) is 5.75 Å². The second-order valence-corrected chi connectivity index (χ2v) is 7.49. The molecule has 0 amide bonds. The molecule has 0 atom stereocenters. The van der Waals surface area contributed by atoms with E-state index in [0.29, 0.717) is 18.0 Å². The summed E-state index contributed by atoms with van der Waals surface area (Å²) in [5, 5.41) is 2.53. The van der Waals surface area contributed by atoms with Gasteiger partial charge in [0.15, 0.2) is 0 Å². The highest BCUT2D eigenvalue weighted by Crippen LogP contribution is 2.16. The molecule has 0 saturated carbocycles. The quantitative estimate of drug-likeness (QED) is 0.546. The zero-order valence-electron chi connectivity index (χ0n) is 16.4. The summed E-state index contributed by atoms with van der Waals surface area (Å²) in [6.45, 7) is 2.17. The van der Waals surface area contributed by atoms with Crippen molar-refractivity contribution in [2.75, 3.05) is 0 Å². The number of hydrogen-bond donors (Lipinski definition) is 0. The number of ether oxygens (including phenoxy) is 2. The number of nitrogens with zero attached hydrogens (tertiary/aromatic N) is 3. The number of benzene rings is 1. The van der Waals surface area contributed by atoms with Crippen molar-refractivity contribution in [1.29, 1.82) is 0 Å². The largest absolute Gasteiger partial charge is 0.486 e. The number of esters is 1. The van der Waals surface area contributed by atoms with E-state index in [2.05, 4.69) is 4.98 Å². The highest BCUT2D eigenvalue weighted by molar-refractivity contribution is 7.09. The monoisotopic (exact) mass is 415 g/mol. The summed E-state index contributed by atoms with van der Waals surface area (Å²) in [6, 6.07) is 9.00. The van der Waals surface area contributed by atoms with Gasteiger partial charge in [0.1, 0.15) is 24.0 Å². The standard InChI is InChI=1S/C20H21N3O5S/c1-13-4-6-16(7-5-13)27-11-17-21-14(12-29-17)8-19(25)28-10-15-9-18(24)23(3)20(26)22(15)2/h4-7,9,12H,8,10-11H2,1-3H3. The average Bonchev–Trinajstić information content (AvgIpc) is 3.15. The minimum absolute atomic E-state index is 0.000177. The first-order valence-corrected chi connectivity index (χ1v) is 9.76. The van der Waals surface area contributed by atoms with Crippen LogP contribution in [0.25, 0.3) is 0 Å². The fourth-order valence-corrected chi connectivity index (χ4v) is 3.25. The molecular weight excluding hydrogens is 394 g/mol. The molecule has 3 rings (SSSR count). The number of aryl methyl sites for hydroxylation is 1. The van der Waals surface area contributed by atoms with Gasteiger partial charge in [0.2, 0.25) is 0 Å². The van der Waals surface area contributed by atoms with E-state index in [1.165, 1.54) is 36.1 Å². The topological polar surface area (TPSA) is 92.4 Å². The van der Waals surface area contributed by atoms with Crippen molar-refractivity contribution in [2.45, 2.75) is 26.6 Å². The fourth-order valence-electron chi connectivity index (χ4n) is 2.55. The van der Waals surface area contributed by atoms with Crippen molar-refractivity contribution >= 4 is 17.3 Å². The molecule has 8 nitrogen and oxygen atoms in total. The van der Waals surface area contributed by atoms with Gasteiger partial charge in [-0.1, -0.05) is 17.7 Å². The summed E-state index contributed by atoms with van der Waals surface area (Å²) in [5.74, 6) is 0.265. The molecule has 9 heteroatoms. The lowest BCUT2D eigenvalue weighted by Crippen LogP contribution is -2.38. The van der Waals surface area contributed by atoms with Gasteiger partial charge in [-0.2, -0.15) is 0 Å². The van der Waals surface area contributed by atoms with Crippen LogP contribution in [0.15, 0.2) is 45.3 Å². The van der Waals surface area contributed by atoms with Crippen molar-refractivity contribution < 1.29 is 14.3 Å². The summed E-state index contributed by atoms with van der Waals surface area (Å²) < 4.78 is 13.1. The predicted octanol–water partition coefficient (Wildman–Crippen LogP) is 1.71. The first-order chi connectivity index (χ1) is 13.8. The van der Waals surface area contributed by atoms with E-state index in [-0.39, 0.29) is 13.0 Å². The smallest absolute Gasteiger partial charge is 0.330 e. The first-order valence-electron chi connectivity index (χ1n) is 8.88. The van der Waals surface area contributed by atoms with E-state index in [1.807, 2.05) is 31.2 Å². The van der Waals surface area contributed by atoms with Crippen molar-refractivity contribution in [2.24, 2.45) is 14.1 Å². The normalized spacial score (nSPS) is 10.7. The Balaban J connectivity index is 1.53. The average molecular weight is 415 g/mol. The second kappa shape index (κ2) is 8.87. The molecule has 0 fully saturated rings. The van der Waals surface area contributed by atoms with Gasteiger partial charge in [-0.05, 0) is 19.1 Å². The molecule has 0 saturated heterocycles. The Morgan fingerprint density at radius 1 is 1.10 bits per heavy atom. The number of thiazole rings is 1. The Morgan fingerprint density at radius 3 is 2.55 bits per heavy atom. The van der Waals surface area contributed by atoms with Gasteiger partial charge in [0.25, 0.3) is 5.56 Å². The van der Waals surface area contributed by atoms with Crippen LogP contribution in [0, 0.1) is 6.92 Å². The van der Waals surface area contributed by atoms with Gasteiger partial charge < -0.3 is 9.47 Å². The van der Waals surface area contributed by atoms with Gasteiger partial charge in [0, 0.05) is 25.5 Å². The minimum atomic E-state index is -0.491. The third-order valence-corrected chi connectivity index (χ3v) is 5.19. The highest BCUT2D eigenvalue weighted by atomic mass is 32.1. The van der Waals surface area contributed by atoms with Crippen LogP contribution in [-0.2, 0) is 43.3 Å². The lowest BCUT2D eigenvalue weighted by atomic mass is 10.2. The van der Waals surface area contributed by atoms with E-state index in [4.69, 9.17) is 9.47 Å². The van der Waals surface area contributed by atoms with Gasteiger partial charge in [-0.25, -0.2) is 9.78 Å². The van der Waals surface area contributed by atoms with Crippen LogP contribution in [0.5, 0.6) is 5.75 Å². The van der Waals surface area contributed by atoms with Crippen molar-refractivity contribution in [3.63, 3.8) is 0 Å². The summed E-state index contributed by atoms with van der Waals surface area (Å²) in [4.78, 5) is 40.1. The number of aromatic nitrogens is 3. The maximum atomic E-state index is 12.1. The molecule has 0 spiro atoms. The van der Waals surface area contributed by atoms with E-state index in [9.17, 15) is 14.4 Å². The number of carbonyl (C=O) groups excluding carboxylic acids is 1. The van der Waals surface area contributed by atoms with E-state index < -0.39 is 17.2 Å². The van der Waals surface area contributed by atoms with Crippen LogP contribution in [0.2, 0.25) is 0 Å². The Kier molecular flexibility index (Phi) is 6.28. The predicted molar refractivity (Wildman–Crippen MR) is 108 cm³/mol. The molecule has 1 aromatic carbocycles. The lowest BCUT2D eigenvalue weighted by molar-refractivity contribution is -0.144. The first kappa shape index (κ1) is 20.5. The number of hydrogen-bond acceptors (Lipinski definition) is 7. The van der Waals surface area contributed by atoms with Gasteiger partial charge in [-0.3, -0.25) is 18.7 Å². The number of rotatable bonds is 7. The van der Waals surface area contributed by atoms with Crippen LogP contribution >= 0.6 is 11.3 Å². The van der Waals surface area contributed by atoms with Gasteiger partial charge in [0.05, 0.1) is 17.8 Å².